The maximum Gasteiger partial charge on any atom is 0.305 e. The van der Waals surface area contributed by atoms with Gasteiger partial charge in [0.25, 0.3) is 0 Å². The van der Waals surface area contributed by atoms with Gasteiger partial charge in [-0.1, -0.05) is 0 Å². The van der Waals surface area contributed by atoms with Gasteiger partial charge in [0.05, 0.1) is 18.5 Å². The predicted octanol–water partition coefficient (Wildman–Crippen LogP) is -1.79. The molecule has 0 aliphatic heterocycles. The van der Waals surface area contributed by atoms with E-state index in [9.17, 15) is 14.4 Å². The van der Waals surface area contributed by atoms with Crippen molar-refractivity contribution in [1.82, 2.24) is 5.32 Å². The standard InChI is InChI=1S/C9H17N3O4/c10-3-1-2-6(5-13)12-9(16)7(11)4-8(14)15/h5-7H,1-4,10-11H2,(H,12,16)(H,14,15). The zero-order chi connectivity index (χ0) is 12.6. The van der Waals surface area contributed by atoms with E-state index in [0.29, 0.717) is 25.7 Å². The summed E-state index contributed by atoms with van der Waals surface area (Å²) in [5.74, 6) is -1.80. The topological polar surface area (TPSA) is 136 Å². The summed E-state index contributed by atoms with van der Waals surface area (Å²) >= 11 is 0. The summed E-state index contributed by atoms with van der Waals surface area (Å²) in [6.45, 7) is 0.418. The average Bonchev–Trinajstić information content (AvgIpc) is 2.22. The van der Waals surface area contributed by atoms with Crippen molar-refractivity contribution >= 4 is 18.2 Å². The molecule has 0 aliphatic carbocycles. The van der Waals surface area contributed by atoms with E-state index in [0.717, 1.165) is 0 Å². The maximum atomic E-state index is 11.3. The number of amides is 1. The van der Waals surface area contributed by atoms with Crippen LogP contribution in [0.15, 0.2) is 0 Å². The summed E-state index contributed by atoms with van der Waals surface area (Å²) < 4.78 is 0. The van der Waals surface area contributed by atoms with E-state index in [-0.39, 0.29) is 0 Å². The van der Waals surface area contributed by atoms with Gasteiger partial charge in [0.2, 0.25) is 5.91 Å². The first-order chi connectivity index (χ1) is 7.51. The Bertz CT molecular complexity index is 257. The molecule has 0 radical (unpaired) electrons. The van der Waals surface area contributed by atoms with Crippen LogP contribution in [0.2, 0.25) is 0 Å². The van der Waals surface area contributed by atoms with Gasteiger partial charge in [-0.05, 0) is 19.4 Å². The fourth-order valence-electron chi connectivity index (χ4n) is 1.08. The van der Waals surface area contributed by atoms with Crippen LogP contribution in [0.3, 0.4) is 0 Å². The number of aldehydes is 1. The zero-order valence-electron chi connectivity index (χ0n) is 8.89. The molecule has 0 heterocycles. The lowest BCUT2D eigenvalue weighted by Crippen LogP contribution is -2.47. The number of carbonyl (C=O) groups is 3. The highest BCUT2D eigenvalue weighted by Crippen LogP contribution is 1.95. The van der Waals surface area contributed by atoms with E-state index in [1.807, 2.05) is 0 Å². The monoisotopic (exact) mass is 231 g/mol. The molecule has 0 rings (SSSR count). The van der Waals surface area contributed by atoms with Gasteiger partial charge in [0.15, 0.2) is 0 Å². The smallest absolute Gasteiger partial charge is 0.305 e. The third-order valence-electron chi connectivity index (χ3n) is 1.94. The Kier molecular flexibility index (Phi) is 7.06. The zero-order valence-corrected chi connectivity index (χ0v) is 8.89. The molecule has 2 atom stereocenters. The molecule has 7 heteroatoms. The van der Waals surface area contributed by atoms with Crippen LogP contribution in [0.1, 0.15) is 19.3 Å². The molecule has 0 saturated carbocycles. The Morgan fingerprint density at radius 3 is 2.50 bits per heavy atom. The van der Waals surface area contributed by atoms with E-state index < -0.39 is 30.4 Å². The highest BCUT2D eigenvalue weighted by atomic mass is 16.4. The molecule has 0 spiro atoms. The molecule has 7 nitrogen and oxygen atoms in total. The second kappa shape index (κ2) is 7.77. The van der Waals surface area contributed by atoms with Crippen molar-refractivity contribution < 1.29 is 19.5 Å². The Balaban J connectivity index is 4.08. The highest BCUT2D eigenvalue weighted by Gasteiger charge is 2.19. The lowest BCUT2D eigenvalue weighted by molar-refractivity contribution is -0.139. The van der Waals surface area contributed by atoms with E-state index in [2.05, 4.69) is 5.32 Å². The molecule has 2 unspecified atom stereocenters. The molecular formula is C9H17N3O4. The average molecular weight is 231 g/mol. The van der Waals surface area contributed by atoms with Gasteiger partial charge < -0.3 is 26.7 Å². The third-order valence-corrected chi connectivity index (χ3v) is 1.94. The quantitative estimate of drug-likeness (QED) is 0.364. The van der Waals surface area contributed by atoms with Gasteiger partial charge in [-0.25, -0.2) is 0 Å². The lowest BCUT2D eigenvalue weighted by Gasteiger charge is -2.15. The fraction of sp³-hybridized carbons (Fsp3) is 0.667. The van der Waals surface area contributed by atoms with Crippen LogP contribution in [0.5, 0.6) is 0 Å². The van der Waals surface area contributed by atoms with Crippen molar-refractivity contribution in [2.75, 3.05) is 6.54 Å². The van der Waals surface area contributed by atoms with Gasteiger partial charge in [-0.2, -0.15) is 0 Å². The number of nitrogens with two attached hydrogens (primary N) is 2. The number of carboxylic acid groups (broad SMARTS) is 1. The number of rotatable bonds is 8. The van der Waals surface area contributed by atoms with Crippen LogP contribution < -0.4 is 16.8 Å². The van der Waals surface area contributed by atoms with Crippen molar-refractivity contribution in [2.24, 2.45) is 11.5 Å². The van der Waals surface area contributed by atoms with Crippen LogP contribution in [0.25, 0.3) is 0 Å². The van der Waals surface area contributed by atoms with Crippen molar-refractivity contribution in [1.29, 1.82) is 0 Å². The summed E-state index contributed by atoms with van der Waals surface area (Å²) in [6, 6.07) is -1.80. The van der Waals surface area contributed by atoms with Crippen molar-refractivity contribution in [3.8, 4) is 0 Å². The van der Waals surface area contributed by atoms with Crippen LogP contribution in [-0.4, -0.2) is 41.9 Å². The van der Waals surface area contributed by atoms with Crippen molar-refractivity contribution in [3.05, 3.63) is 0 Å². The summed E-state index contributed by atoms with van der Waals surface area (Å²) in [4.78, 5) is 32.2. The summed E-state index contributed by atoms with van der Waals surface area (Å²) in [7, 11) is 0. The Morgan fingerprint density at radius 2 is 2.06 bits per heavy atom. The normalized spacial score (nSPS) is 13.9. The van der Waals surface area contributed by atoms with E-state index in [1.54, 1.807) is 0 Å². The van der Waals surface area contributed by atoms with Gasteiger partial charge in [-0.3, -0.25) is 9.59 Å². The Hall–Kier alpha value is -1.47. The fourth-order valence-corrected chi connectivity index (χ4v) is 1.08. The number of hydrogen-bond acceptors (Lipinski definition) is 5. The summed E-state index contributed by atoms with van der Waals surface area (Å²) in [5, 5.41) is 10.8. The second-order valence-corrected chi connectivity index (χ2v) is 3.39. The van der Waals surface area contributed by atoms with E-state index in [1.165, 1.54) is 0 Å². The first-order valence-electron chi connectivity index (χ1n) is 4.94. The van der Waals surface area contributed by atoms with Crippen molar-refractivity contribution in [2.45, 2.75) is 31.3 Å². The predicted molar refractivity (Wildman–Crippen MR) is 56.5 cm³/mol. The number of carbonyl (C=O) groups excluding carboxylic acids is 2. The van der Waals surface area contributed by atoms with Gasteiger partial charge >= 0.3 is 5.97 Å². The molecule has 6 N–H and O–H groups in total. The van der Waals surface area contributed by atoms with E-state index in [4.69, 9.17) is 16.6 Å². The summed E-state index contributed by atoms with van der Waals surface area (Å²) in [6.07, 6.45) is 1.14. The van der Waals surface area contributed by atoms with Gasteiger partial charge in [0.1, 0.15) is 6.29 Å². The first kappa shape index (κ1) is 14.5. The van der Waals surface area contributed by atoms with Gasteiger partial charge in [-0.15, -0.1) is 0 Å². The molecule has 0 aromatic rings. The minimum atomic E-state index is -1.16. The molecule has 0 aliphatic rings. The molecule has 16 heavy (non-hydrogen) atoms. The third kappa shape index (κ3) is 6.10. The summed E-state index contributed by atoms with van der Waals surface area (Å²) in [5.41, 5.74) is 10.6. The first-order valence-corrected chi connectivity index (χ1v) is 4.94. The number of hydrogen-bond donors (Lipinski definition) is 4. The molecule has 0 fully saturated rings. The van der Waals surface area contributed by atoms with Crippen LogP contribution in [-0.2, 0) is 14.4 Å². The van der Waals surface area contributed by atoms with Crippen LogP contribution >= 0.6 is 0 Å². The largest absolute Gasteiger partial charge is 0.481 e. The molecule has 92 valence electrons. The second-order valence-electron chi connectivity index (χ2n) is 3.39. The van der Waals surface area contributed by atoms with Crippen LogP contribution in [0.4, 0.5) is 0 Å². The highest BCUT2D eigenvalue weighted by molar-refractivity contribution is 5.87. The van der Waals surface area contributed by atoms with Gasteiger partial charge in [0, 0.05) is 0 Å². The Labute approximate surface area is 93.2 Å². The van der Waals surface area contributed by atoms with Crippen LogP contribution in [0, 0.1) is 0 Å². The van der Waals surface area contributed by atoms with Crippen molar-refractivity contribution in [3.63, 3.8) is 0 Å². The van der Waals surface area contributed by atoms with E-state index >= 15 is 0 Å². The number of nitrogens with one attached hydrogen (secondary N) is 1. The Morgan fingerprint density at radius 1 is 1.44 bits per heavy atom. The molecule has 0 aromatic carbocycles. The molecule has 0 bridgehead atoms. The molecule has 0 aromatic heterocycles. The number of carboxylic acids is 1. The molecule has 1 amide bonds. The lowest BCUT2D eigenvalue weighted by atomic mass is 10.1. The maximum absolute atomic E-state index is 11.3. The molecule has 0 saturated heterocycles. The minimum absolute atomic E-state index is 0.418. The SMILES string of the molecule is NCCCC(C=O)NC(=O)C(N)CC(=O)O. The number of aliphatic carboxylic acids is 1. The minimum Gasteiger partial charge on any atom is -0.481 e. The molecular weight excluding hydrogens is 214 g/mol.